The Labute approximate surface area is 133 Å². The van der Waals surface area contributed by atoms with Crippen LogP contribution < -0.4 is 5.32 Å². The number of aryl methyl sites for hydroxylation is 1. The van der Waals surface area contributed by atoms with Crippen molar-refractivity contribution in [3.8, 4) is 11.1 Å². The van der Waals surface area contributed by atoms with Gasteiger partial charge in [0.05, 0.1) is 11.2 Å². The molecule has 4 nitrogen and oxygen atoms in total. The van der Waals surface area contributed by atoms with Crippen LogP contribution in [0.25, 0.3) is 32.9 Å². The van der Waals surface area contributed by atoms with Crippen LogP contribution in [0.1, 0.15) is 5.69 Å². The Morgan fingerprint density at radius 1 is 1.04 bits per heavy atom. The first kappa shape index (κ1) is 13.5. The van der Waals surface area contributed by atoms with Crippen LogP contribution in [0.5, 0.6) is 0 Å². The topological polar surface area (TPSA) is 57.8 Å². The number of H-pyrrole nitrogens is 1. The number of fused-ring (bicyclic) bond motifs is 3. The summed E-state index contributed by atoms with van der Waals surface area (Å²) >= 11 is 0. The van der Waals surface area contributed by atoms with Crippen LogP contribution in [0.4, 0.5) is 5.69 Å². The number of pyridine rings is 1. The minimum absolute atomic E-state index is 0.692. The van der Waals surface area contributed by atoms with Crippen molar-refractivity contribution in [1.82, 2.24) is 9.97 Å². The lowest BCUT2D eigenvalue weighted by atomic mass is 10.0. The summed E-state index contributed by atoms with van der Waals surface area (Å²) in [5, 5.41) is 5.05. The Kier molecular flexibility index (Phi) is 3.08. The second kappa shape index (κ2) is 5.25. The molecule has 0 unspecified atom stereocenters. The third-order valence-corrected chi connectivity index (χ3v) is 4.13. The number of amides is 1. The summed E-state index contributed by atoms with van der Waals surface area (Å²) < 4.78 is 0. The van der Waals surface area contributed by atoms with E-state index in [-0.39, 0.29) is 0 Å². The van der Waals surface area contributed by atoms with E-state index in [1.54, 1.807) is 0 Å². The minimum Gasteiger partial charge on any atom is -0.353 e. The Bertz CT molecular complexity index is 1030. The number of aromatic nitrogens is 2. The van der Waals surface area contributed by atoms with Crippen molar-refractivity contribution in [3.05, 3.63) is 60.4 Å². The molecule has 0 aliphatic heterocycles. The van der Waals surface area contributed by atoms with Crippen molar-refractivity contribution in [2.24, 2.45) is 0 Å². The maximum absolute atomic E-state index is 10.6. The molecule has 2 heterocycles. The number of nitrogens with one attached hydrogen (secondary N) is 2. The van der Waals surface area contributed by atoms with Crippen LogP contribution >= 0.6 is 0 Å². The van der Waals surface area contributed by atoms with Gasteiger partial charge < -0.3 is 10.3 Å². The molecule has 0 spiro atoms. The highest BCUT2D eigenvalue weighted by atomic mass is 16.1. The zero-order chi connectivity index (χ0) is 15.8. The standard InChI is InChI=1S/C19H15N3O/c1-12-19-16(7-8-20-12)17-10-14(5-6-18(17)22-19)13-3-2-4-15(9-13)21-11-23/h2-11,22H,1H3,(H,21,23). The van der Waals surface area contributed by atoms with Gasteiger partial charge >= 0.3 is 0 Å². The van der Waals surface area contributed by atoms with Gasteiger partial charge in [-0.25, -0.2) is 0 Å². The monoisotopic (exact) mass is 301 g/mol. The predicted molar refractivity (Wildman–Crippen MR) is 93.5 cm³/mol. The molecule has 0 bridgehead atoms. The van der Waals surface area contributed by atoms with Crippen LogP contribution in [0.2, 0.25) is 0 Å². The van der Waals surface area contributed by atoms with Crippen molar-refractivity contribution < 1.29 is 4.79 Å². The van der Waals surface area contributed by atoms with Gasteiger partial charge in [0.15, 0.2) is 0 Å². The zero-order valence-corrected chi connectivity index (χ0v) is 12.6. The number of anilines is 1. The fourth-order valence-electron chi connectivity index (χ4n) is 3.00. The van der Waals surface area contributed by atoms with Gasteiger partial charge in [0.2, 0.25) is 6.41 Å². The highest BCUT2D eigenvalue weighted by molar-refractivity contribution is 6.09. The molecule has 0 saturated carbocycles. The average molecular weight is 301 g/mol. The molecule has 0 radical (unpaired) electrons. The fourth-order valence-corrected chi connectivity index (χ4v) is 3.00. The van der Waals surface area contributed by atoms with E-state index in [2.05, 4.69) is 33.5 Å². The highest BCUT2D eigenvalue weighted by Crippen LogP contribution is 2.31. The van der Waals surface area contributed by atoms with E-state index >= 15 is 0 Å². The van der Waals surface area contributed by atoms with Crippen LogP contribution in [0.3, 0.4) is 0 Å². The second-order valence-corrected chi connectivity index (χ2v) is 5.55. The van der Waals surface area contributed by atoms with E-state index in [1.165, 1.54) is 10.8 Å². The fraction of sp³-hybridized carbons (Fsp3) is 0.0526. The SMILES string of the molecule is Cc1nccc2c1[nH]c1ccc(-c3cccc(NC=O)c3)cc12. The number of rotatable bonds is 3. The molecular weight excluding hydrogens is 286 g/mol. The highest BCUT2D eigenvalue weighted by Gasteiger charge is 2.08. The zero-order valence-electron chi connectivity index (χ0n) is 12.6. The number of hydrogen-bond acceptors (Lipinski definition) is 2. The van der Waals surface area contributed by atoms with Gasteiger partial charge in [-0.2, -0.15) is 0 Å². The van der Waals surface area contributed by atoms with E-state index in [4.69, 9.17) is 0 Å². The van der Waals surface area contributed by atoms with E-state index in [0.717, 1.165) is 33.5 Å². The molecule has 2 aromatic heterocycles. The molecular formula is C19H15N3O. The first-order valence-corrected chi connectivity index (χ1v) is 7.44. The third kappa shape index (κ3) is 2.25. The first-order chi connectivity index (χ1) is 11.3. The van der Waals surface area contributed by atoms with Crippen molar-refractivity contribution >= 4 is 33.9 Å². The summed E-state index contributed by atoms with van der Waals surface area (Å²) in [7, 11) is 0. The number of carbonyl (C=O) groups is 1. The molecule has 2 N–H and O–H groups in total. The van der Waals surface area contributed by atoms with E-state index in [9.17, 15) is 4.79 Å². The summed E-state index contributed by atoms with van der Waals surface area (Å²) in [6, 6.07) is 16.2. The van der Waals surface area contributed by atoms with Gasteiger partial charge in [-0.15, -0.1) is 0 Å². The van der Waals surface area contributed by atoms with Crippen LogP contribution in [0.15, 0.2) is 54.7 Å². The second-order valence-electron chi connectivity index (χ2n) is 5.55. The van der Waals surface area contributed by atoms with E-state index in [0.29, 0.717) is 6.41 Å². The van der Waals surface area contributed by atoms with E-state index < -0.39 is 0 Å². The lowest BCUT2D eigenvalue weighted by Gasteiger charge is -2.05. The lowest BCUT2D eigenvalue weighted by Crippen LogP contribution is -1.93. The summed E-state index contributed by atoms with van der Waals surface area (Å²) in [5.41, 5.74) is 6.15. The van der Waals surface area contributed by atoms with Gasteiger partial charge in [0, 0.05) is 28.2 Å². The third-order valence-electron chi connectivity index (χ3n) is 4.13. The molecule has 0 atom stereocenters. The Morgan fingerprint density at radius 3 is 2.78 bits per heavy atom. The molecule has 4 heteroatoms. The molecule has 1 amide bonds. The lowest BCUT2D eigenvalue weighted by molar-refractivity contribution is -0.105. The summed E-state index contributed by atoms with van der Waals surface area (Å²) in [6.07, 6.45) is 2.53. The molecule has 23 heavy (non-hydrogen) atoms. The summed E-state index contributed by atoms with van der Waals surface area (Å²) in [4.78, 5) is 18.4. The Balaban J connectivity index is 1.91. The molecule has 112 valence electrons. The number of hydrogen-bond donors (Lipinski definition) is 2. The van der Waals surface area contributed by atoms with Crippen molar-refractivity contribution in [3.63, 3.8) is 0 Å². The van der Waals surface area contributed by atoms with Gasteiger partial charge in [0.1, 0.15) is 0 Å². The normalized spacial score (nSPS) is 11.0. The number of benzene rings is 2. The van der Waals surface area contributed by atoms with Crippen LogP contribution in [-0.4, -0.2) is 16.4 Å². The van der Waals surface area contributed by atoms with Crippen molar-refractivity contribution in [2.45, 2.75) is 6.92 Å². The number of nitrogens with zero attached hydrogens (tertiary/aromatic N) is 1. The number of aromatic amines is 1. The van der Waals surface area contributed by atoms with Gasteiger partial charge in [-0.3, -0.25) is 9.78 Å². The average Bonchev–Trinajstić information content (AvgIpc) is 2.95. The molecule has 0 fully saturated rings. The Morgan fingerprint density at radius 2 is 1.91 bits per heavy atom. The molecule has 0 aliphatic carbocycles. The summed E-state index contributed by atoms with van der Waals surface area (Å²) in [5.74, 6) is 0. The predicted octanol–water partition coefficient (Wildman–Crippen LogP) is 4.26. The van der Waals surface area contributed by atoms with Crippen molar-refractivity contribution in [2.75, 3.05) is 5.32 Å². The molecule has 0 aliphatic rings. The van der Waals surface area contributed by atoms with Crippen LogP contribution in [-0.2, 0) is 4.79 Å². The van der Waals surface area contributed by atoms with Gasteiger partial charge in [0.25, 0.3) is 0 Å². The minimum atomic E-state index is 0.692. The van der Waals surface area contributed by atoms with Crippen LogP contribution in [0, 0.1) is 6.92 Å². The smallest absolute Gasteiger partial charge is 0.211 e. The first-order valence-electron chi connectivity index (χ1n) is 7.44. The van der Waals surface area contributed by atoms with Crippen molar-refractivity contribution in [1.29, 1.82) is 0 Å². The maximum atomic E-state index is 10.6. The van der Waals surface area contributed by atoms with Gasteiger partial charge in [-0.05, 0) is 48.4 Å². The number of carbonyl (C=O) groups excluding carboxylic acids is 1. The largest absolute Gasteiger partial charge is 0.353 e. The molecule has 2 aromatic carbocycles. The maximum Gasteiger partial charge on any atom is 0.211 e. The van der Waals surface area contributed by atoms with Gasteiger partial charge in [-0.1, -0.05) is 18.2 Å². The Hall–Kier alpha value is -3.14. The summed E-state index contributed by atoms with van der Waals surface area (Å²) in [6.45, 7) is 2.01. The molecule has 4 aromatic rings. The van der Waals surface area contributed by atoms with E-state index in [1.807, 2.05) is 43.5 Å². The molecule has 0 saturated heterocycles. The quantitative estimate of drug-likeness (QED) is 0.555. The molecule has 4 rings (SSSR count).